The molecule has 0 saturated heterocycles. The van der Waals surface area contributed by atoms with Gasteiger partial charge in [-0.3, -0.25) is 4.79 Å². The second-order valence-corrected chi connectivity index (χ2v) is 8.57. The van der Waals surface area contributed by atoms with E-state index in [-0.39, 0.29) is 16.6 Å². The van der Waals surface area contributed by atoms with Crippen molar-refractivity contribution in [3.63, 3.8) is 0 Å². The van der Waals surface area contributed by atoms with Gasteiger partial charge in [0.2, 0.25) is 0 Å². The molecule has 0 bridgehead atoms. The monoisotopic (exact) mass is 310 g/mol. The molecular formula is C21H26O2. The van der Waals surface area contributed by atoms with Gasteiger partial charge in [0.05, 0.1) is 6.10 Å². The Morgan fingerprint density at radius 2 is 2.04 bits per heavy atom. The average molecular weight is 310 g/mol. The van der Waals surface area contributed by atoms with Crippen LogP contribution in [0, 0.1) is 40.9 Å². The van der Waals surface area contributed by atoms with Crippen molar-refractivity contribution in [1.82, 2.24) is 0 Å². The first-order valence-electron chi connectivity index (χ1n) is 9.00. The summed E-state index contributed by atoms with van der Waals surface area (Å²) in [5.41, 5.74) is 2.32. The topological polar surface area (TPSA) is 37.3 Å². The third kappa shape index (κ3) is 1.89. The van der Waals surface area contributed by atoms with Crippen LogP contribution in [0.25, 0.3) is 0 Å². The van der Waals surface area contributed by atoms with Gasteiger partial charge in [0.25, 0.3) is 0 Å². The third-order valence-electron chi connectivity index (χ3n) is 7.71. The van der Waals surface area contributed by atoms with E-state index in [2.05, 4.69) is 25.8 Å². The van der Waals surface area contributed by atoms with Gasteiger partial charge in [-0.25, -0.2) is 0 Å². The molecule has 2 heteroatoms. The Hall–Kier alpha value is -1.33. The molecule has 0 radical (unpaired) electrons. The van der Waals surface area contributed by atoms with Gasteiger partial charge in [-0.15, -0.1) is 6.42 Å². The minimum atomic E-state index is -0.456. The highest BCUT2D eigenvalue weighted by molar-refractivity contribution is 5.91. The molecule has 122 valence electrons. The number of carbonyl (C=O) groups excluding carboxylic acids is 1. The largest absolute Gasteiger partial charge is 0.389 e. The summed E-state index contributed by atoms with van der Waals surface area (Å²) < 4.78 is 0. The highest BCUT2D eigenvalue weighted by Crippen LogP contribution is 2.65. The van der Waals surface area contributed by atoms with Gasteiger partial charge in [-0.2, -0.15) is 0 Å². The maximum absolute atomic E-state index is 11.9. The highest BCUT2D eigenvalue weighted by Gasteiger charge is 2.58. The van der Waals surface area contributed by atoms with Crippen LogP contribution in [0.4, 0.5) is 0 Å². The van der Waals surface area contributed by atoms with E-state index in [1.807, 2.05) is 0 Å². The van der Waals surface area contributed by atoms with E-state index in [9.17, 15) is 9.90 Å². The van der Waals surface area contributed by atoms with Crippen molar-refractivity contribution in [2.75, 3.05) is 0 Å². The Labute approximate surface area is 139 Å². The van der Waals surface area contributed by atoms with Crippen molar-refractivity contribution in [3.05, 3.63) is 23.3 Å². The molecule has 0 aliphatic heterocycles. The van der Waals surface area contributed by atoms with Crippen molar-refractivity contribution in [1.29, 1.82) is 0 Å². The molecule has 1 N–H and O–H groups in total. The van der Waals surface area contributed by atoms with Crippen LogP contribution in [-0.4, -0.2) is 17.0 Å². The van der Waals surface area contributed by atoms with Gasteiger partial charge >= 0.3 is 0 Å². The molecule has 0 aromatic rings. The zero-order valence-corrected chi connectivity index (χ0v) is 14.1. The van der Waals surface area contributed by atoms with Crippen molar-refractivity contribution >= 4 is 5.78 Å². The first-order chi connectivity index (χ1) is 10.9. The SMILES string of the molecule is C#CC1=CCC2C3C[C@@H](O)C4=CC(=O)CC[C@]4(C)C3CC[C@]12C. The predicted octanol–water partition coefficient (Wildman–Crippen LogP) is 3.66. The number of fused-ring (bicyclic) bond motifs is 5. The van der Waals surface area contributed by atoms with Gasteiger partial charge in [-0.1, -0.05) is 25.8 Å². The summed E-state index contributed by atoms with van der Waals surface area (Å²) in [6.07, 6.45) is 15.0. The summed E-state index contributed by atoms with van der Waals surface area (Å²) in [6, 6.07) is 0. The van der Waals surface area contributed by atoms with Crippen LogP contribution in [0.15, 0.2) is 23.3 Å². The maximum Gasteiger partial charge on any atom is 0.155 e. The molecular weight excluding hydrogens is 284 g/mol. The van der Waals surface area contributed by atoms with Crippen LogP contribution in [0.2, 0.25) is 0 Å². The molecule has 2 saturated carbocycles. The van der Waals surface area contributed by atoms with Crippen molar-refractivity contribution in [2.24, 2.45) is 28.6 Å². The summed E-state index contributed by atoms with van der Waals surface area (Å²) in [6.45, 7) is 4.62. The van der Waals surface area contributed by atoms with E-state index in [4.69, 9.17) is 6.42 Å². The standard InChI is InChI=1S/C21H26O2/c1-4-13-5-6-16-15-12-19(23)18-11-14(22)7-9-21(18,3)17(15)8-10-20(13,16)2/h1,5,11,15-17,19,23H,6-10,12H2,2-3H3/t15?,16?,17?,19-,20-,21-/m1/s1. The van der Waals surface area contributed by atoms with E-state index in [0.717, 1.165) is 37.7 Å². The normalized spacial score (nSPS) is 48.5. The Morgan fingerprint density at radius 1 is 1.26 bits per heavy atom. The predicted molar refractivity (Wildman–Crippen MR) is 90.4 cm³/mol. The zero-order valence-electron chi connectivity index (χ0n) is 14.1. The Bertz CT molecular complexity index is 664. The molecule has 6 atom stereocenters. The second kappa shape index (κ2) is 4.84. The quantitative estimate of drug-likeness (QED) is 0.693. The van der Waals surface area contributed by atoms with Gasteiger partial charge in [0, 0.05) is 17.4 Å². The second-order valence-electron chi connectivity index (χ2n) is 8.57. The molecule has 0 aromatic carbocycles. The third-order valence-corrected chi connectivity index (χ3v) is 7.71. The van der Waals surface area contributed by atoms with Crippen molar-refractivity contribution < 1.29 is 9.90 Å². The fraction of sp³-hybridized carbons (Fsp3) is 0.667. The Kier molecular flexibility index (Phi) is 3.20. The number of aliphatic hydroxyl groups excluding tert-OH is 1. The van der Waals surface area contributed by atoms with E-state index < -0.39 is 6.10 Å². The van der Waals surface area contributed by atoms with Gasteiger partial charge in [0.15, 0.2) is 5.78 Å². The number of aliphatic hydroxyl groups is 1. The molecule has 2 nitrogen and oxygen atoms in total. The number of hydrogen-bond donors (Lipinski definition) is 1. The molecule has 2 fully saturated rings. The lowest BCUT2D eigenvalue weighted by Gasteiger charge is -2.58. The Balaban J connectivity index is 1.73. The molecule has 0 spiro atoms. The maximum atomic E-state index is 11.9. The van der Waals surface area contributed by atoms with Gasteiger partial charge < -0.3 is 5.11 Å². The van der Waals surface area contributed by atoms with Gasteiger partial charge in [0.1, 0.15) is 0 Å². The number of rotatable bonds is 0. The molecule has 3 unspecified atom stereocenters. The zero-order chi connectivity index (χ0) is 16.4. The van der Waals surface area contributed by atoms with E-state index in [1.165, 1.54) is 5.57 Å². The lowest BCUT2D eigenvalue weighted by atomic mass is 9.46. The van der Waals surface area contributed by atoms with Crippen LogP contribution in [-0.2, 0) is 4.79 Å². The lowest BCUT2D eigenvalue weighted by molar-refractivity contribution is -0.118. The first-order valence-corrected chi connectivity index (χ1v) is 9.00. The molecule has 4 rings (SSSR count). The molecule has 23 heavy (non-hydrogen) atoms. The summed E-state index contributed by atoms with van der Waals surface area (Å²) in [4.78, 5) is 11.9. The smallest absolute Gasteiger partial charge is 0.155 e. The fourth-order valence-electron chi connectivity index (χ4n) is 6.40. The molecule has 4 aliphatic carbocycles. The van der Waals surface area contributed by atoms with Crippen LogP contribution in [0.3, 0.4) is 0 Å². The average Bonchev–Trinajstić information content (AvgIpc) is 2.86. The van der Waals surface area contributed by atoms with Crippen LogP contribution < -0.4 is 0 Å². The summed E-state index contributed by atoms with van der Waals surface area (Å²) >= 11 is 0. The molecule has 0 amide bonds. The summed E-state index contributed by atoms with van der Waals surface area (Å²) in [5, 5.41) is 10.8. The summed E-state index contributed by atoms with van der Waals surface area (Å²) in [5.74, 6) is 4.76. The molecule has 4 aliphatic rings. The van der Waals surface area contributed by atoms with E-state index in [0.29, 0.717) is 24.2 Å². The van der Waals surface area contributed by atoms with Crippen LogP contribution >= 0.6 is 0 Å². The van der Waals surface area contributed by atoms with E-state index in [1.54, 1.807) is 6.08 Å². The van der Waals surface area contributed by atoms with E-state index >= 15 is 0 Å². The summed E-state index contributed by atoms with van der Waals surface area (Å²) in [7, 11) is 0. The minimum Gasteiger partial charge on any atom is -0.389 e. The number of allylic oxidation sites excluding steroid dienone is 3. The Morgan fingerprint density at radius 3 is 2.78 bits per heavy atom. The van der Waals surface area contributed by atoms with Crippen LogP contribution in [0.5, 0.6) is 0 Å². The number of hydrogen-bond acceptors (Lipinski definition) is 2. The van der Waals surface area contributed by atoms with Crippen molar-refractivity contribution in [2.45, 2.75) is 58.5 Å². The number of carbonyl (C=O) groups is 1. The molecule has 0 aromatic heterocycles. The number of terminal acetylenes is 1. The van der Waals surface area contributed by atoms with Crippen molar-refractivity contribution in [3.8, 4) is 12.3 Å². The number of ketones is 1. The van der Waals surface area contributed by atoms with Crippen LogP contribution in [0.1, 0.15) is 52.4 Å². The first kappa shape index (κ1) is 15.2. The minimum absolute atomic E-state index is 0.00350. The molecule has 0 heterocycles. The fourth-order valence-corrected chi connectivity index (χ4v) is 6.40. The van der Waals surface area contributed by atoms with Gasteiger partial charge in [-0.05, 0) is 66.9 Å². The highest BCUT2D eigenvalue weighted by atomic mass is 16.3. The lowest BCUT2D eigenvalue weighted by Crippen LogP contribution is -2.53.